The molecule has 15 heavy (non-hydrogen) atoms. The van der Waals surface area contributed by atoms with E-state index in [1.54, 1.807) is 0 Å². The van der Waals surface area contributed by atoms with Gasteiger partial charge >= 0.3 is 0 Å². The van der Waals surface area contributed by atoms with Crippen LogP contribution in [0, 0.1) is 23.3 Å². The van der Waals surface area contributed by atoms with Crippen molar-refractivity contribution in [2.45, 2.75) is 6.92 Å². The van der Waals surface area contributed by atoms with Gasteiger partial charge in [-0.25, -0.2) is 13.2 Å². The molecular weight excluding hydrogens is 217 g/mol. The van der Waals surface area contributed by atoms with Gasteiger partial charge in [-0.05, 0) is 6.92 Å². The summed E-state index contributed by atoms with van der Waals surface area (Å²) < 4.78 is 63.5. The highest BCUT2D eigenvalue weighted by atomic mass is 19.2. The molecule has 1 atom stereocenters. The van der Waals surface area contributed by atoms with Gasteiger partial charge in [-0.3, -0.25) is 4.90 Å². The van der Waals surface area contributed by atoms with Crippen LogP contribution in [0.1, 0.15) is 6.92 Å². The molecule has 0 amide bonds. The fraction of sp³-hybridized carbons (Fsp3) is 0.333. The highest BCUT2D eigenvalue weighted by Gasteiger charge is 2.25. The van der Waals surface area contributed by atoms with Crippen molar-refractivity contribution in [3.05, 3.63) is 29.3 Å². The van der Waals surface area contributed by atoms with Gasteiger partial charge in [-0.1, -0.05) is 0 Å². The van der Waals surface area contributed by atoms with E-state index >= 15 is 0 Å². The van der Waals surface area contributed by atoms with Crippen LogP contribution in [-0.2, 0) is 0 Å². The summed E-state index contributed by atoms with van der Waals surface area (Å²) in [5, 5.41) is 0. The number of benzene rings is 1. The van der Waals surface area contributed by atoms with Gasteiger partial charge < -0.3 is 0 Å². The first-order chi connectivity index (χ1) is 7.02. The van der Waals surface area contributed by atoms with E-state index < -0.39 is 35.8 Å². The van der Waals surface area contributed by atoms with Crippen molar-refractivity contribution in [3.63, 3.8) is 0 Å². The van der Waals surface area contributed by atoms with Gasteiger partial charge in [-0.2, -0.15) is 8.78 Å². The number of halogens is 5. The first-order valence-electron chi connectivity index (χ1n) is 4.26. The Bertz CT molecular complexity index is 362. The molecular formula is C9H9F5N+. The molecule has 0 radical (unpaired) electrons. The van der Waals surface area contributed by atoms with E-state index in [9.17, 15) is 22.0 Å². The zero-order valence-electron chi connectivity index (χ0n) is 7.88. The van der Waals surface area contributed by atoms with Gasteiger partial charge in [0.2, 0.25) is 18.4 Å². The lowest BCUT2D eigenvalue weighted by atomic mass is 10.2. The van der Waals surface area contributed by atoms with Crippen LogP contribution >= 0.6 is 0 Å². The number of quaternary nitrogens is 1. The van der Waals surface area contributed by atoms with E-state index in [0.29, 0.717) is 6.07 Å². The summed E-state index contributed by atoms with van der Waals surface area (Å²) in [4.78, 5) is -0.106. The Hall–Kier alpha value is -1.17. The van der Waals surface area contributed by atoms with Crippen molar-refractivity contribution in [1.29, 1.82) is 0 Å². The summed E-state index contributed by atoms with van der Waals surface area (Å²) in [5.41, 5.74) is -0.545. The Morgan fingerprint density at radius 1 is 1.07 bits per heavy atom. The van der Waals surface area contributed by atoms with Crippen molar-refractivity contribution in [2.24, 2.45) is 0 Å². The van der Waals surface area contributed by atoms with Crippen LogP contribution in [0.2, 0.25) is 0 Å². The molecule has 1 N–H and O–H groups in total. The van der Waals surface area contributed by atoms with Gasteiger partial charge in [0.25, 0.3) is 0 Å². The molecule has 0 saturated heterocycles. The molecule has 1 aromatic carbocycles. The van der Waals surface area contributed by atoms with Gasteiger partial charge in [0.15, 0.2) is 17.3 Å². The minimum Gasteiger partial charge on any atom is -0.274 e. The Kier molecular flexibility index (Phi) is 3.62. The number of alkyl halides is 1. The summed E-state index contributed by atoms with van der Waals surface area (Å²) in [6, 6.07) is 0.464. The fourth-order valence-electron chi connectivity index (χ4n) is 1.19. The summed E-state index contributed by atoms with van der Waals surface area (Å²) in [6.07, 6.45) is 0. The Morgan fingerprint density at radius 3 is 2.13 bits per heavy atom. The number of rotatable bonds is 3. The average Bonchev–Trinajstić information content (AvgIpc) is 2.24. The maximum Gasteiger partial charge on any atom is 0.225 e. The molecule has 0 aliphatic carbocycles. The zero-order valence-corrected chi connectivity index (χ0v) is 7.88. The van der Waals surface area contributed by atoms with Crippen molar-refractivity contribution in [2.75, 3.05) is 13.3 Å². The minimum atomic E-state index is -1.91. The summed E-state index contributed by atoms with van der Waals surface area (Å²) in [7, 11) is 0. The van der Waals surface area contributed by atoms with Gasteiger partial charge in [0.05, 0.1) is 6.54 Å². The summed E-state index contributed by atoms with van der Waals surface area (Å²) in [5.74, 6) is -6.87. The topological polar surface area (TPSA) is 4.44 Å². The molecule has 0 aliphatic heterocycles. The second-order valence-corrected chi connectivity index (χ2v) is 2.94. The largest absolute Gasteiger partial charge is 0.274 e. The quantitative estimate of drug-likeness (QED) is 0.346. The predicted octanol–water partition coefficient (Wildman–Crippen LogP) is 1.71. The lowest BCUT2D eigenvalue weighted by molar-refractivity contribution is -0.846. The molecule has 0 bridgehead atoms. The lowest BCUT2D eigenvalue weighted by Gasteiger charge is -2.13. The summed E-state index contributed by atoms with van der Waals surface area (Å²) >= 11 is 0. The molecule has 0 spiro atoms. The van der Waals surface area contributed by atoms with Crippen LogP contribution < -0.4 is 4.90 Å². The maximum absolute atomic E-state index is 13.1. The first kappa shape index (κ1) is 11.9. The number of nitrogens with one attached hydrogen (secondary N) is 1. The average molecular weight is 226 g/mol. The second-order valence-electron chi connectivity index (χ2n) is 2.94. The molecule has 84 valence electrons. The molecule has 1 rings (SSSR count). The van der Waals surface area contributed by atoms with E-state index in [-0.39, 0.29) is 11.4 Å². The van der Waals surface area contributed by atoms with Crippen LogP contribution in [0.3, 0.4) is 0 Å². The molecule has 6 heteroatoms. The van der Waals surface area contributed by atoms with E-state index in [4.69, 9.17) is 0 Å². The number of hydrogen-bond acceptors (Lipinski definition) is 0. The van der Waals surface area contributed by atoms with Crippen LogP contribution in [0.25, 0.3) is 0 Å². The van der Waals surface area contributed by atoms with Crippen molar-refractivity contribution in [3.8, 4) is 0 Å². The molecule has 0 saturated carbocycles. The monoisotopic (exact) mass is 226 g/mol. The molecule has 1 unspecified atom stereocenters. The number of hydrogen-bond donors (Lipinski definition) is 1. The van der Waals surface area contributed by atoms with Crippen LogP contribution in [0.5, 0.6) is 0 Å². The third-order valence-electron chi connectivity index (χ3n) is 2.07. The molecule has 1 nitrogen and oxygen atoms in total. The van der Waals surface area contributed by atoms with E-state index in [0.717, 1.165) is 0 Å². The van der Waals surface area contributed by atoms with Gasteiger partial charge in [-0.15, -0.1) is 0 Å². The third-order valence-corrected chi connectivity index (χ3v) is 2.07. The highest BCUT2D eigenvalue weighted by molar-refractivity contribution is 5.33. The minimum absolute atomic E-state index is 0.0952. The standard InChI is InChI=1S/C9H8F5N/c1-2-15(4-10)6-3-5(11)7(12)9(14)8(6)13/h3H,2,4H2,1H3/p+1. The Labute approximate surface area is 83.1 Å². The normalized spacial score (nSPS) is 12.9. The highest BCUT2D eigenvalue weighted by Crippen LogP contribution is 2.19. The van der Waals surface area contributed by atoms with Gasteiger partial charge in [0, 0.05) is 6.07 Å². The van der Waals surface area contributed by atoms with Crippen LogP contribution in [0.15, 0.2) is 6.07 Å². The Morgan fingerprint density at radius 2 is 1.67 bits per heavy atom. The van der Waals surface area contributed by atoms with Gasteiger partial charge in [0.1, 0.15) is 0 Å². The van der Waals surface area contributed by atoms with E-state index in [1.165, 1.54) is 6.92 Å². The van der Waals surface area contributed by atoms with Crippen LogP contribution in [-0.4, -0.2) is 13.3 Å². The maximum atomic E-state index is 13.1. The molecule has 0 fully saturated rings. The van der Waals surface area contributed by atoms with Crippen molar-refractivity contribution in [1.82, 2.24) is 0 Å². The molecule has 0 heterocycles. The van der Waals surface area contributed by atoms with E-state index in [1.807, 2.05) is 0 Å². The zero-order chi connectivity index (χ0) is 11.6. The first-order valence-corrected chi connectivity index (χ1v) is 4.26. The second kappa shape index (κ2) is 4.57. The molecule has 1 aromatic rings. The SMILES string of the molecule is CC[NH+](CF)c1cc(F)c(F)c(F)c1F. The van der Waals surface area contributed by atoms with E-state index in [2.05, 4.69) is 0 Å². The molecule has 0 aromatic heterocycles. The Balaban J connectivity index is 3.31. The third kappa shape index (κ3) is 2.09. The predicted molar refractivity (Wildman–Crippen MR) is 43.4 cm³/mol. The summed E-state index contributed by atoms with van der Waals surface area (Å²) in [6.45, 7) is 0.573. The van der Waals surface area contributed by atoms with Crippen LogP contribution in [0.4, 0.5) is 27.6 Å². The van der Waals surface area contributed by atoms with Crippen molar-refractivity contribution < 1.29 is 26.9 Å². The lowest BCUT2D eigenvalue weighted by Crippen LogP contribution is -3.06. The molecule has 0 aliphatic rings. The smallest absolute Gasteiger partial charge is 0.225 e. The van der Waals surface area contributed by atoms with Crippen molar-refractivity contribution >= 4 is 5.69 Å². The fourth-order valence-corrected chi connectivity index (χ4v) is 1.19.